The van der Waals surface area contributed by atoms with Gasteiger partial charge in [0.15, 0.2) is 5.82 Å². The molecule has 0 atom stereocenters. The lowest BCUT2D eigenvalue weighted by atomic mass is 10.2. The second-order valence-corrected chi connectivity index (χ2v) is 3.97. The number of benzene rings is 1. The van der Waals surface area contributed by atoms with Gasteiger partial charge in [-0.1, -0.05) is 0 Å². The van der Waals surface area contributed by atoms with Crippen LogP contribution in [0.15, 0.2) is 29.0 Å². The fourth-order valence-electron chi connectivity index (χ4n) is 1.37. The first-order valence-electron chi connectivity index (χ1n) is 4.64. The Morgan fingerprint density at radius 3 is 2.65 bits per heavy atom. The molecule has 1 heterocycles. The summed E-state index contributed by atoms with van der Waals surface area (Å²) in [5, 5.41) is 12.6. The molecule has 0 spiro atoms. The van der Waals surface area contributed by atoms with Crippen molar-refractivity contribution >= 4 is 21.9 Å². The first kappa shape index (κ1) is 11.7. The van der Waals surface area contributed by atoms with Crippen molar-refractivity contribution in [3.8, 4) is 11.4 Å². The van der Waals surface area contributed by atoms with Gasteiger partial charge in [-0.15, -0.1) is 5.10 Å². The third-order valence-electron chi connectivity index (χ3n) is 2.03. The molecule has 0 saturated carbocycles. The van der Waals surface area contributed by atoms with Gasteiger partial charge in [0, 0.05) is 5.56 Å². The molecule has 1 aromatic heterocycles. The Morgan fingerprint density at radius 2 is 2.06 bits per heavy atom. The molecule has 1 N–H and O–H groups in total. The maximum atomic E-state index is 12.8. The highest BCUT2D eigenvalue weighted by Crippen LogP contribution is 2.19. The molecule has 7 heteroatoms. The molecule has 0 saturated heterocycles. The molecule has 0 unspecified atom stereocenters. The quantitative estimate of drug-likeness (QED) is 0.940. The summed E-state index contributed by atoms with van der Waals surface area (Å²) in [5.74, 6) is -1.01. The topological polar surface area (TPSA) is 68.0 Å². The predicted octanol–water partition coefficient (Wildman–Crippen LogP) is 1.93. The van der Waals surface area contributed by atoms with Crippen molar-refractivity contribution in [2.75, 3.05) is 0 Å². The van der Waals surface area contributed by atoms with Crippen LogP contribution in [-0.2, 0) is 11.3 Å². The van der Waals surface area contributed by atoms with Crippen molar-refractivity contribution in [3.05, 3.63) is 34.8 Å². The van der Waals surface area contributed by atoms with Gasteiger partial charge in [0.05, 0.1) is 0 Å². The second-order valence-electron chi connectivity index (χ2n) is 3.26. The zero-order valence-corrected chi connectivity index (χ0v) is 10.1. The Kier molecular flexibility index (Phi) is 3.19. The number of carboxylic acids is 1. The molecule has 0 bridgehead atoms. The SMILES string of the molecule is O=C(O)Cn1nc(Br)nc1-c1ccc(F)cc1. The van der Waals surface area contributed by atoms with E-state index >= 15 is 0 Å². The Hall–Kier alpha value is -1.76. The van der Waals surface area contributed by atoms with Gasteiger partial charge in [-0.25, -0.2) is 14.1 Å². The average Bonchev–Trinajstić information content (AvgIpc) is 2.59. The van der Waals surface area contributed by atoms with Crippen LogP contribution in [0.2, 0.25) is 0 Å². The predicted molar refractivity (Wildman–Crippen MR) is 60.8 cm³/mol. The Labute approximate surface area is 104 Å². The van der Waals surface area contributed by atoms with E-state index in [4.69, 9.17) is 5.11 Å². The van der Waals surface area contributed by atoms with Gasteiger partial charge in [0.25, 0.3) is 0 Å². The van der Waals surface area contributed by atoms with Crippen LogP contribution in [0.5, 0.6) is 0 Å². The Balaban J connectivity index is 2.43. The number of nitrogens with zero attached hydrogens (tertiary/aromatic N) is 3. The Morgan fingerprint density at radius 1 is 1.41 bits per heavy atom. The lowest BCUT2D eigenvalue weighted by Crippen LogP contribution is -2.11. The highest BCUT2D eigenvalue weighted by molar-refractivity contribution is 9.10. The van der Waals surface area contributed by atoms with E-state index in [1.165, 1.54) is 28.9 Å². The number of aliphatic carboxylic acids is 1. The third kappa shape index (κ3) is 2.68. The van der Waals surface area contributed by atoms with E-state index in [-0.39, 0.29) is 17.1 Å². The standard InChI is InChI=1S/C10H7BrFN3O2/c11-10-13-9(15(14-10)5-8(16)17)6-1-3-7(12)4-2-6/h1-4H,5H2,(H,16,17). The molecule has 5 nitrogen and oxygen atoms in total. The molecular weight excluding hydrogens is 293 g/mol. The number of rotatable bonds is 3. The summed E-state index contributed by atoms with van der Waals surface area (Å²) in [4.78, 5) is 14.7. The van der Waals surface area contributed by atoms with Gasteiger partial charge >= 0.3 is 5.97 Å². The number of carboxylic acid groups (broad SMARTS) is 1. The van der Waals surface area contributed by atoms with E-state index in [0.29, 0.717) is 11.4 Å². The highest BCUT2D eigenvalue weighted by atomic mass is 79.9. The van der Waals surface area contributed by atoms with E-state index in [1.54, 1.807) is 0 Å². The molecule has 0 aliphatic rings. The fourth-order valence-corrected chi connectivity index (χ4v) is 1.72. The van der Waals surface area contributed by atoms with Gasteiger partial charge in [0.2, 0.25) is 4.73 Å². The summed E-state index contributed by atoms with van der Waals surface area (Å²) in [6, 6.07) is 5.60. The molecule has 2 rings (SSSR count). The van der Waals surface area contributed by atoms with Crippen LogP contribution in [0.3, 0.4) is 0 Å². The minimum absolute atomic E-state index is 0.290. The Bertz CT molecular complexity index is 553. The molecule has 88 valence electrons. The van der Waals surface area contributed by atoms with Gasteiger partial charge in [-0.3, -0.25) is 4.79 Å². The summed E-state index contributed by atoms with van der Waals surface area (Å²) in [5.41, 5.74) is 0.603. The highest BCUT2D eigenvalue weighted by Gasteiger charge is 2.12. The zero-order chi connectivity index (χ0) is 12.4. The number of hydrogen-bond donors (Lipinski definition) is 1. The maximum absolute atomic E-state index is 12.8. The first-order chi connectivity index (χ1) is 8.06. The van der Waals surface area contributed by atoms with Crippen molar-refractivity contribution in [2.45, 2.75) is 6.54 Å². The summed E-state index contributed by atoms with van der Waals surface area (Å²) in [7, 11) is 0. The summed E-state index contributed by atoms with van der Waals surface area (Å²) >= 11 is 3.07. The number of halogens is 2. The van der Waals surface area contributed by atoms with Gasteiger partial charge in [-0.05, 0) is 40.2 Å². The van der Waals surface area contributed by atoms with Crippen molar-refractivity contribution in [2.24, 2.45) is 0 Å². The van der Waals surface area contributed by atoms with Crippen LogP contribution in [0, 0.1) is 5.82 Å². The molecule has 0 aliphatic carbocycles. The van der Waals surface area contributed by atoms with E-state index in [2.05, 4.69) is 26.0 Å². The average molecular weight is 300 g/mol. The molecule has 0 fully saturated rings. The van der Waals surface area contributed by atoms with E-state index < -0.39 is 5.97 Å². The first-order valence-corrected chi connectivity index (χ1v) is 5.43. The van der Waals surface area contributed by atoms with Crippen LogP contribution in [0.4, 0.5) is 4.39 Å². The van der Waals surface area contributed by atoms with Crippen molar-refractivity contribution in [1.82, 2.24) is 14.8 Å². The van der Waals surface area contributed by atoms with Crippen molar-refractivity contribution < 1.29 is 14.3 Å². The summed E-state index contributed by atoms with van der Waals surface area (Å²) in [6.45, 7) is -0.300. The van der Waals surface area contributed by atoms with Crippen LogP contribution in [0.1, 0.15) is 0 Å². The van der Waals surface area contributed by atoms with Crippen LogP contribution in [-0.4, -0.2) is 25.8 Å². The van der Waals surface area contributed by atoms with Crippen molar-refractivity contribution in [3.63, 3.8) is 0 Å². The van der Waals surface area contributed by atoms with Gasteiger partial charge < -0.3 is 5.11 Å². The molecule has 0 amide bonds. The third-order valence-corrected chi connectivity index (χ3v) is 2.37. The van der Waals surface area contributed by atoms with E-state index in [9.17, 15) is 9.18 Å². The lowest BCUT2D eigenvalue weighted by molar-refractivity contribution is -0.137. The molecule has 2 aromatic rings. The van der Waals surface area contributed by atoms with Gasteiger partial charge in [0.1, 0.15) is 12.4 Å². The molecule has 17 heavy (non-hydrogen) atoms. The monoisotopic (exact) mass is 299 g/mol. The largest absolute Gasteiger partial charge is 0.480 e. The number of carbonyl (C=O) groups is 1. The second kappa shape index (κ2) is 4.62. The molecule has 0 aliphatic heterocycles. The summed E-state index contributed by atoms with van der Waals surface area (Å²) < 4.78 is 14.3. The fraction of sp³-hybridized carbons (Fsp3) is 0.100. The maximum Gasteiger partial charge on any atom is 0.325 e. The summed E-state index contributed by atoms with van der Waals surface area (Å²) in [6.07, 6.45) is 0. The smallest absolute Gasteiger partial charge is 0.325 e. The zero-order valence-electron chi connectivity index (χ0n) is 8.47. The van der Waals surface area contributed by atoms with E-state index in [1.807, 2.05) is 0 Å². The molecular formula is C10H7BrFN3O2. The normalized spacial score (nSPS) is 10.5. The molecule has 0 radical (unpaired) electrons. The minimum Gasteiger partial charge on any atom is -0.480 e. The van der Waals surface area contributed by atoms with Crippen LogP contribution in [0.25, 0.3) is 11.4 Å². The van der Waals surface area contributed by atoms with Crippen LogP contribution < -0.4 is 0 Å². The molecule has 1 aromatic carbocycles. The van der Waals surface area contributed by atoms with E-state index in [0.717, 1.165) is 0 Å². The minimum atomic E-state index is -1.02. The van der Waals surface area contributed by atoms with Crippen molar-refractivity contribution in [1.29, 1.82) is 0 Å². The van der Waals surface area contributed by atoms with Gasteiger partial charge in [-0.2, -0.15) is 0 Å². The lowest BCUT2D eigenvalue weighted by Gasteiger charge is -2.02. The van der Waals surface area contributed by atoms with Crippen LogP contribution >= 0.6 is 15.9 Å². The number of aromatic nitrogens is 3. The number of hydrogen-bond acceptors (Lipinski definition) is 3.